The number of aromatic nitrogens is 1. The topological polar surface area (TPSA) is 66.2 Å². The fourth-order valence-corrected chi connectivity index (χ4v) is 2.58. The molecule has 1 unspecified atom stereocenters. The van der Waals surface area contributed by atoms with Crippen LogP contribution in [-0.2, 0) is 0 Å². The van der Waals surface area contributed by atoms with E-state index in [-0.39, 0.29) is 19.0 Å². The van der Waals surface area contributed by atoms with E-state index in [1.165, 1.54) is 23.2 Å². The second kappa shape index (κ2) is 6.81. The Hall–Kier alpha value is -3.08. The molecule has 0 bridgehead atoms. The van der Waals surface area contributed by atoms with Gasteiger partial charge in [-0.15, -0.1) is 0 Å². The highest BCUT2D eigenvalue weighted by Crippen LogP contribution is 2.22. The van der Waals surface area contributed by atoms with Gasteiger partial charge in [-0.2, -0.15) is 5.26 Å². The van der Waals surface area contributed by atoms with Gasteiger partial charge in [-0.3, -0.25) is 4.79 Å². The van der Waals surface area contributed by atoms with Gasteiger partial charge < -0.3 is 9.64 Å². The molecule has 1 saturated heterocycles. The lowest BCUT2D eigenvalue weighted by atomic mass is 10.1. The molecule has 1 aromatic carbocycles. The largest absolute Gasteiger partial charge is 0.472 e. The Balaban J connectivity index is 1.69. The second-order valence-corrected chi connectivity index (χ2v) is 5.50. The molecule has 2 aromatic rings. The van der Waals surface area contributed by atoms with Crippen LogP contribution in [0.25, 0.3) is 0 Å². The molecule has 0 aliphatic carbocycles. The van der Waals surface area contributed by atoms with E-state index in [0.29, 0.717) is 18.1 Å². The predicted octanol–water partition coefficient (Wildman–Crippen LogP) is 2.66. The van der Waals surface area contributed by atoms with Gasteiger partial charge in [0.05, 0.1) is 23.7 Å². The van der Waals surface area contributed by atoms with Crippen LogP contribution in [0.5, 0.6) is 5.88 Å². The highest BCUT2D eigenvalue weighted by molar-refractivity contribution is 5.94. The predicted molar refractivity (Wildman–Crippen MR) is 80.2 cm³/mol. The summed E-state index contributed by atoms with van der Waals surface area (Å²) >= 11 is 0. The van der Waals surface area contributed by atoms with E-state index in [4.69, 9.17) is 10.00 Å². The monoisotopic (exact) mass is 347 g/mol. The zero-order valence-electron chi connectivity index (χ0n) is 12.9. The van der Waals surface area contributed by atoms with Crippen LogP contribution >= 0.6 is 0 Å². The number of nitriles is 1. The number of likely N-dealkylation sites (tertiary alicyclic amines) is 1. The first-order chi connectivity index (χ1) is 12.0. The van der Waals surface area contributed by atoms with Crippen LogP contribution in [0, 0.1) is 28.8 Å². The summed E-state index contributed by atoms with van der Waals surface area (Å²) in [6, 6.07) is 6.60. The maximum atomic E-state index is 13.8. The molecular weight excluding hydrogens is 335 g/mol. The van der Waals surface area contributed by atoms with Crippen LogP contribution in [-0.4, -0.2) is 35.0 Å². The molecule has 1 atom stereocenters. The quantitative estimate of drug-likeness (QED) is 0.801. The molecule has 128 valence electrons. The molecule has 0 saturated carbocycles. The SMILES string of the molecule is N#Cc1ccnc(OC2CCN(C(=O)c3ccc(F)c(F)c3F)C2)c1. The number of pyridine rings is 1. The molecule has 1 aliphatic heterocycles. The summed E-state index contributed by atoms with van der Waals surface area (Å²) in [4.78, 5) is 17.6. The van der Waals surface area contributed by atoms with Crippen LogP contribution in [0.15, 0.2) is 30.5 Å². The number of ether oxygens (including phenoxy) is 1. The molecule has 0 radical (unpaired) electrons. The normalized spacial score (nSPS) is 16.6. The second-order valence-electron chi connectivity index (χ2n) is 5.50. The third kappa shape index (κ3) is 3.40. The first kappa shape index (κ1) is 16.8. The van der Waals surface area contributed by atoms with Crippen molar-refractivity contribution in [2.45, 2.75) is 12.5 Å². The van der Waals surface area contributed by atoms with E-state index < -0.39 is 35.0 Å². The Kier molecular flexibility index (Phi) is 4.57. The number of rotatable bonds is 3. The maximum absolute atomic E-state index is 13.8. The van der Waals surface area contributed by atoms with Crippen molar-refractivity contribution in [3.63, 3.8) is 0 Å². The van der Waals surface area contributed by atoms with Crippen molar-refractivity contribution in [1.29, 1.82) is 5.26 Å². The van der Waals surface area contributed by atoms with Crippen molar-refractivity contribution in [2.24, 2.45) is 0 Å². The number of hydrogen-bond acceptors (Lipinski definition) is 4. The Labute approximate surface area is 141 Å². The molecule has 5 nitrogen and oxygen atoms in total. The Morgan fingerprint density at radius 3 is 2.84 bits per heavy atom. The van der Waals surface area contributed by atoms with Crippen LogP contribution in [0.1, 0.15) is 22.3 Å². The van der Waals surface area contributed by atoms with Gasteiger partial charge in [0.1, 0.15) is 6.10 Å². The maximum Gasteiger partial charge on any atom is 0.257 e. The molecule has 1 aliphatic rings. The van der Waals surface area contributed by atoms with Crippen molar-refractivity contribution in [3.05, 3.63) is 59.0 Å². The fourth-order valence-electron chi connectivity index (χ4n) is 2.58. The summed E-state index contributed by atoms with van der Waals surface area (Å²) in [6.45, 7) is 0.426. The zero-order valence-corrected chi connectivity index (χ0v) is 12.9. The van der Waals surface area contributed by atoms with E-state index in [0.717, 1.165) is 6.07 Å². The Bertz CT molecular complexity index is 867. The lowest BCUT2D eigenvalue weighted by Gasteiger charge is -2.17. The molecular formula is C17H12F3N3O2. The highest BCUT2D eigenvalue weighted by atomic mass is 19.2. The van der Waals surface area contributed by atoms with Crippen molar-refractivity contribution in [2.75, 3.05) is 13.1 Å². The van der Waals surface area contributed by atoms with E-state index in [9.17, 15) is 18.0 Å². The number of hydrogen-bond donors (Lipinski definition) is 0. The summed E-state index contributed by atoms with van der Waals surface area (Å²) in [6.07, 6.45) is 1.51. The molecule has 1 aromatic heterocycles. The van der Waals surface area contributed by atoms with Crippen molar-refractivity contribution >= 4 is 5.91 Å². The molecule has 0 spiro atoms. The van der Waals surface area contributed by atoms with E-state index in [2.05, 4.69) is 4.98 Å². The summed E-state index contributed by atoms with van der Waals surface area (Å²) in [5.41, 5.74) is -0.135. The van der Waals surface area contributed by atoms with E-state index >= 15 is 0 Å². The lowest BCUT2D eigenvalue weighted by Crippen LogP contribution is -2.31. The minimum atomic E-state index is -1.67. The first-order valence-corrected chi connectivity index (χ1v) is 7.45. The summed E-state index contributed by atoms with van der Waals surface area (Å²) in [7, 11) is 0. The number of amides is 1. The van der Waals surface area contributed by atoms with Gasteiger partial charge in [-0.1, -0.05) is 0 Å². The minimum absolute atomic E-state index is 0.149. The van der Waals surface area contributed by atoms with E-state index in [1.807, 2.05) is 6.07 Å². The van der Waals surface area contributed by atoms with Gasteiger partial charge >= 0.3 is 0 Å². The van der Waals surface area contributed by atoms with Gasteiger partial charge in [0.2, 0.25) is 5.88 Å². The highest BCUT2D eigenvalue weighted by Gasteiger charge is 2.31. The Morgan fingerprint density at radius 2 is 2.08 bits per heavy atom. The third-order valence-corrected chi connectivity index (χ3v) is 3.85. The van der Waals surface area contributed by atoms with Gasteiger partial charge in [0.25, 0.3) is 5.91 Å². The summed E-state index contributed by atoms with van der Waals surface area (Å²) in [5, 5.41) is 8.85. The molecule has 3 rings (SSSR count). The first-order valence-electron chi connectivity index (χ1n) is 7.45. The summed E-state index contributed by atoms with van der Waals surface area (Å²) < 4.78 is 45.7. The average Bonchev–Trinajstić information content (AvgIpc) is 3.08. The van der Waals surface area contributed by atoms with Crippen molar-refractivity contribution in [3.8, 4) is 11.9 Å². The molecule has 2 heterocycles. The number of halogens is 3. The minimum Gasteiger partial charge on any atom is -0.472 e. The number of nitrogens with zero attached hydrogens (tertiary/aromatic N) is 3. The van der Waals surface area contributed by atoms with Gasteiger partial charge in [0, 0.05) is 25.2 Å². The number of benzene rings is 1. The van der Waals surface area contributed by atoms with Gasteiger partial charge in [-0.25, -0.2) is 18.2 Å². The molecule has 1 amide bonds. The standard InChI is InChI=1S/C17H12F3N3O2/c18-13-2-1-12(15(19)16(13)20)17(24)23-6-4-11(9-23)25-14-7-10(8-21)3-5-22-14/h1-3,5,7,11H,4,6,9H2. The van der Waals surface area contributed by atoms with Gasteiger partial charge in [-0.05, 0) is 18.2 Å². The zero-order chi connectivity index (χ0) is 18.0. The number of carbonyl (C=O) groups excluding carboxylic acids is 1. The summed E-state index contributed by atoms with van der Waals surface area (Å²) in [5.74, 6) is -5.01. The van der Waals surface area contributed by atoms with Crippen LogP contribution in [0.2, 0.25) is 0 Å². The van der Waals surface area contributed by atoms with Crippen molar-refractivity contribution in [1.82, 2.24) is 9.88 Å². The van der Waals surface area contributed by atoms with Crippen LogP contribution < -0.4 is 4.74 Å². The fraction of sp³-hybridized carbons (Fsp3) is 0.235. The molecule has 25 heavy (non-hydrogen) atoms. The Morgan fingerprint density at radius 1 is 1.28 bits per heavy atom. The van der Waals surface area contributed by atoms with Crippen molar-refractivity contribution < 1.29 is 22.7 Å². The third-order valence-electron chi connectivity index (χ3n) is 3.85. The lowest BCUT2D eigenvalue weighted by molar-refractivity contribution is 0.0765. The smallest absolute Gasteiger partial charge is 0.257 e. The molecule has 1 fully saturated rings. The van der Waals surface area contributed by atoms with Crippen LogP contribution in [0.4, 0.5) is 13.2 Å². The number of carbonyl (C=O) groups is 1. The molecule has 0 N–H and O–H groups in total. The van der Waals surface area contributed by atoms with E-state index in [1.54, 1.807) is 0 Å². The molecule has 8 heteroatoms. The van der Waals surface area contributed by atoms with Crippen LogP contribution in [0.3, 0.4) is 0 Å². The van der Waals surface area contributed by atoms with Gasteiger partial charge in [0.15, 0.2) is 17.5 Å². The average molecular weight is 347 g/mol.